The number of aryl methyl sites for hydroxylation is 1. The Bertz CT molecular complexity index is 749. The van der Waals surface area contributed by atoms with Crippen molar-refractivity contribution in [2.24, 2.45) is 0 Å². The summed E-state index contributed by atoms with van der Waals surface area (Å²) < 4.78 is 26.7. The van der Waals surface area contributed by atoms with Crippen molar-refractivity contribution in [1.82, 2.24) is 14.9 Å². The molecule has 1 aromatic heterocycles. The molecule has 102 valence electrons. The first-order valence-electron chi connectivity index (χ1n) is 5.81. The molecule has 0 bridgehead atoms. The highest BCUT2D eigenvalue weighted by Crippen LogP contribution is 2.14. The molecule has 0 aliphatic rings. The normalized spacial score (nSPS) is 11.0. The Labute approximate surface area is 117 Å². The molecule has 1 N–H and O–H groups in total. The van der Waals surface area contributed by atoms with Gasteiger partial charge in [0.1, 0.15) is 6.07 Å². The lowest BCUT2D eigenvalue weighted by Gasteiger charge is -2.07. The van der Waals surface area contributed by atoms with Crippen molar-refractivity contribution in [3.63, 3.8) is 0 Å². The average molecular weight is 288 g/mol. The van der Waals surface area contributed by atoms with Gasteiger partial charge < -0.3 is 0 Å². The molecule has 0 unspecified atom stereocenters. The standard InChI is InChI=1S/C13H12N4O2S/c1-10-6-7-12(17-16-10)9-15-20(18,19)13-5-3-2-4-11(13)8-14/h2-7,15H,9H2,1H3. The summed E-state index contributed by atoms with van der Waals surface area (Å²) in [4.78, 5) is -0.0393. The van der Waals surface area contributed by atoms with Crippen LogP contribution in [0.25, 0.3) is 0 Å². The predicted octanol–water partition coefficient (Wildman–Crippen LogP) is 1.14. The highest BCUT2D eigenvalue weighted by atomic mass is 32.2. The van der Waals surface area contributed by atoms with Gasteiger partial charge in [-0.3, -0.25) is 0 Å². The first-order valence-corrected chi connectivity index (χ1v) is 7.29. The lowest BCUT2D eigenvalue weighted by atomic mass is 10.2. The fraction of sp³-hybridized carbons (Fsp3) is 0.154. The predicted molar refractivity (Wildman–Crippen MR) is 72.0 cm³/mol. The molecule has 7 heteroatoms. The van der Waals surface area contributed by atoms with Gasteiger partial charge in [-0.05, 0) is 31.2 Å². The zero-order chi connectivity index (χ0) is 14.6. The third kappa shape index (κ3) is 3.17. The molecule has 0 radical (unpaired) electrons. The summed E-state index contributed by atoms with van der Waals surface area (Å²) >= 11 is 0. The number of nitrogens with one attached hydrogen (secondary N) is 1. The topological polar surface area (TPSA) is 95.7 Å². The van der Waals surface area contributed by atoms with E-state index in [-0.39, 0.29) is 17.0 Å². The van der Waals surface area contributed by atoms with Crippen LogP contribution < -0.4 is 4.72 Å². The van der Waals surface area contributed by atoms with E-state index < -0.39 is 10.0 Å². The zero-order valence-corrected chi connectivity index (χ0v) is 11.6. The number of nitriles is 1. The molecular weight excluding hydrogens is 276 g/mol. The molecule has 1 heterocycles. The zero-order valence-electron chi connectivity index (χ0n) is 10.7. The van der Waals surface area contributed by atoms with Gasteiger partial charge in [0.2, 0.25) is 10.0 Å². The van der Waals surface area contributed by atoms with Crippen LogP contribution in [0.4, 0.5) is 0 Å². The molecule has 20 heavy (non-hydrogen) atoms. The molecule has 1 aromatic carbocycles. The van der Waals surface area contributed by atoms with E-state index in [4.69, 9.17) is 5.26 Å². The molecule has 0 fully saturated rings. The van der Waals surface area contributed by atoms with Gasteiger partial charge in [-0.25, -0.2) is 13.1 Å². The lowest BCUT2D eigenvalue weighted by molar-refractivity contribution is 0.579. The highest BCUT2D eigenvalue weighted by Gasteiger charge is 2.17. The van der Waals surface area contributed by atoms with E-state index in [1.807, 2.05) is 6.07 Å². The second-order valence-electron chi connectivity index (χ2n) is 4.10. The number of benzene rings is 1. The SMILES string of the molecule is Cc1ccc(CNS(=O)(=O)c2ccccc2C#N)nn1. The number of hydrogen-bond acceptors (Lipinski definition) is 5. The minimum absolute atomic E-state index is 0.0232. The summed E-state index contributed by atoms with van der Waals surface area (Å²) in [6.45, 7) is 1.82. The summed E-state index contributed by atoms with van der Waals surface area (Å²) in [6.07, 6.45) is 0. The van der Waals surface area contributed by atoms with E-state index in [9.17, 15) is 8.42 Å². The molecule has 0 atom stereocenters. The fourth-order valence-electron chi connectivity index (χ4n) is 1.56. The van der Waals surface area contributed by atoms with Crippen LogP contribution in [0.15, 0.2) is 41.3 Å². The van der Waals surface area contributed by atoms with Crippen LogP contribution in [0.5, 0.6) is 0 Å². The van der Waals surface area contributed by atoms with Crippen LogP contribution in [0.3, 0.4) is 0 Å². The van der Waals surface area contributed by atoms with Crippen molar-refractivity contribution in [2.75, 3.05) is 0 Å². The van der Waals surface area contributed by atoms with Crippen LogP contribution >= 0.6 is 0 Å². The summed E-state index contributed by atoms with van der Waals surface area (Å²) in [6, 6.07) is 11.3. The van der Waals surface area contributed by atoms with Crippen molar-refractivity contribution >= 4 is 10.0 Å². The molecule has 2 rings (SSSR count). The Morgan fingerprint density at radius 2 is 1.95 bits per heavy atom. The molecule has 0 amide bonds. The molecule has 0 saturated heterocycles. The molecule has 2 aromatic rings. The van der Waals surface area contributed by atoms with E-state index in [1.165, 1.54) is 12.1 Å². The third-order valence-electron chi connectivity index (χ3n) is 2.59. The summed E-state index contributed by atoms with van der Waals surface area (Å²) in [5.41, 5.74) is 1.37. The molecule has 0 spiro atoms. The van der Waals surface area contributed by atoms with Crippen molar-refractivity contribution in [3.8, 4) is 6.07 Å². The van der Waals surface area contributed by atoms with Gasteiger partial charge in [-0.15, -0.1) is 0 Å². The Hall–Kier alpha value is -2.30. The molecule has 0 saturated carbocycles. The average Bonchev–Trinajstić information content (AvgIpc) is 2.46. The van der Waals surface area contributed by atoms with Gasteiger partial charge in [0.15, 0.2) is 0 Å². The van der Waals surface area contributed by atoms with Crippen LogP contribution in [-0.4, -0.2) is 18.6 Å². The Balaban J connectivity index is 2.20. The summed E-state index contributed by atoms with van der Waals surface area (Å²) in [5.74, 6) is 0. The maximum atomic E-state index is 12.1. The Morgan fingerprint density at radius 1 is 1.20 bits per heavy atom. The Kier molecular flexibility index (Phi) is 4.08. The molecule has 6 nitrogen and oxygen atoms in total. The van der Waals surface area contributed by atoms with E-state index in [0.29, 0.717) is 5.69 Å². The van der Waals surface area contributed by atoms with Gasteiger partial charge in [0, 0.05) is 0 Å². The van der Waals surface area contributed by atoms with Crippen molar-refractivity contribution in [3.05, 3.63) is 53.3 Å². The van der Waals surface area contributed by atoms with E-state index >= 15 is 0 Å². The number of rotatable bonds is 4. The van der Waals surface area contributed by atoms with Crippen molar-refractivity contribution in [2.45, 2.75) is 18.4 Å². The van der Waals surface area contributed by atoms with Crippen LogP contribution in [0.1, 0.15) is 17.0 Å². The minimum atomic E-state index is -3.75. The van der Waals surface area contributed by atoms with Crippen LogP contribution in [-0.2, 0) is 16.6 Å². The highest BCUT2D eigenvalue weighted by molar-refractivity contribution is 7.89. The molecule has 0 aliphatic heterocycles. The number of aromatic nitrogens is 2. The maximum Gasteiger partial charge on any atom is 0.242 e. The molecule has 0 aliphatic carbocycles. The number of hydrogen-bond donors (Lipinski definition) is 1. The van der Waals surface area contributed by atoms with Gasteiger partial charge in [-0.1, -0.05) is 12.1 Å². The number of sulfonamides is 1. The van der Waals surface area contributed by atoms with E-state index in [2.05, 4.69) is 14.9 Å². The van der Waals surface area contributed by atoms with Gasteiger partial charge in [0.25, 0.3) is 0 Å². The second-order valence-corrected chi connectivity index (χ2v) is 5.83. The molecular formula is C13H12N4O2S. The third-order valence-corrected chi connectivity index (χ3v) is 4.05. The Morgan fingerprint density at radius 3 is 2.60 bits per heavy atom. The smallest absolute Gasteiger partial charge is 0.207 e. The summed E-state index contributed by atoms with van der Waals surface area (Å²) in [5, 5.41) is 16.7. The van der Waals surface area contributed by atoms with Crippen molar-refractivity contribution in [1.29, 1.82) is 5.26 Å². The quantitative estimate of drug-likeness (QED) is 0.910. The monoisotopic (exact) mass is 288 g/mol. The fourth-order valence-corrected chi connectivity index (χ4v) is 2.72. The van der Waals surface area contributed by atoms with Gasteiger partial charge in [-0.2, -0.15) is 15.5 Å². The van der Waals surface area contributed by atoms with Crippen LogP contribution in [0, 0.1) is 18.3 Å². The van der Waals surface area contributed by atoms with E-state index in [1.54, 1.807) is 31.2 Å². The minimum Gasteiger partial charge on any atom is -0.207 e. The number of nitrogens with zero attached hydrogens (tertiary/aromatic N) is 3. The van der Waals surface area contributed by atoms with Gasteiger partial charge >= 0.3 is 0 Å². The van der Waals surface area contributed by atoms with E-state index in [0.717, 1.165) is 5.69 Å². The largest absolute Gasteiger partial charge is 0.242 e. The van der Waals surface area contributed by atoms with Gasteiger partial charge in [0.05, 0.1) is 28.4 Å². The first-order chi connectivity index (χ1) is 9.53. The first kappa shape index (κ1) is 14.1. The maximum absolute atomic E-state index is 12.1. The lowest BCUT2D eigenvalue weighted by Crippen LogP contribution is -2.24. The summed E-state index contributed by atoms with van der Waals surface area (Å²) in [7, 11) is -3.75. The second kappa shape index (κ2) is 5.77. The van der Waals surface area contributed by atoms with Crippen molar-refractivity contribution < 1.29 is 8.42 Å². The van der Waals surface area contributed by atoms with Crippen LogP contribution in [0.2, 0.25) is 0 Å².